The molecule has 0 aliphatic carbocycles. The lowest BCUT2D eigenvalue weighted by atomic mass is 10.1. The van der Waals surface area contributed by atoms with Crippen molar-refractivity contribution in [2.24, 2.45) is 0 Å². The molecule has 1 atom stereocenters. The molecule has 2 saturated heterocycles. The quantitative estimate of drug-likeness (QED) is 0.651. The van der Waals surface area contributed by atoms with Crippen LogP contribution in [0.15, 0.2) is 24.3 Å². The molecule has 4 rings (SSSR count). The number of hydrogen-bond acceptors (Lipinski definition) is 5. The summed E-state index contributed by atoms with van der Waals surface area (Å²) in [6, 6.07) is 7.21. The van der Waals surface area contributed by atoms with Crippen LogP contribution >= 0.6 is 11.8 Å². The average Bonchev–Trinajstić information content (AvgIpc) is 2.92. The zero-order chi connectivity index (χ0) is 20.9. The van der Waals surface area contributed by atoms with Crippen LogP contribution in [-0.2, 0) is 4.79 Å². The van der Waals surface area contributed by atoms with Gasteiger partial charge in [0, 0.05) is 31.8 Å². The van der Waals surface area contributed by atoms with E-state index in [1.165, 1.54) is 24.2 Å². The molecule has 6 nitrogen and oxygen atoms in total. The number of hydrogen-bond donors (Lipinski definition) is 0. The van der Waals surface area contributed by atoms with Gasteiger partial charge < -0.3 is 9.80 Å². The highest BCUT2D eigenvalue weighted by Gasteiger charge is 2.35. The predicted octanol–water partition coefficient (Wildman–Crippen LogP) is 2.88. The smallest absolute Gasteiger partial charge is 0.261 e. The average molecular weight is 430 g/mol. The van der Waals surface area contributed by atoms with Gasteiger partial charge in [-0.25, -0.2) is 0 Å². The van der Waals surface area contributed by atoms with E-state index in [1.54, 1.807) is 24.3 Å². The SMILES string of the molecule is O=C1c2ccccc2C(=O)N1CCCC(=O)N1CCCSCC1CN1CCCCC1. The molecule has 0 bridgehead atoms. The molecule has 0 aromatic heterocycles. The highest BCUT2D eigenvalue weighted by atomic mass is 32.2. The van der Waals surface area contributed by atoms with Crippen LogP contribution in [0.1, 0.15) is 59.2 Å². The van der Waals surface area contributed by atoms with Crippen molar-refractivity contribution in [3.05, 3.63) is 35.4 Å². The summed E-state index contributed by atoms with van der Waals surface area (Å²) in [6.07, 6.45) is 5.77. The number of thioether (sulfide) groups is 1. The molecule has 162 valence electrons. The van der Waals surface area contributed by atoms with Crippen molar-refractivity contribution in [2.45, 2.75) is 44.6 Å². The first-order valence-corrected chi connectivity index (χ1v) is 12.4. The Bertz CT molecular complexity index is 759. The molecule has 1 aromatic rings. The first kappa shape index (κ1) is 21.4. The summed E-state index contributed by atoms with van der Waals surface area (Å²) in [6.45, 7) is 4.37. The number of fused-ring (bicyclic) bond motifs is 1. The van der Waals surface area contributed by atoms with E-state index in [2.05, 4.69) is 9.80 Å². The van der Waals surface area contributed by atoms with Gasteiger partial charge in [0.05, 0.1) is 17.2 Å². The molecule has 3 amide bonds. The maximum Gasteiger partial charge on any atom is 0.261 e. The van der Waals surface area contributed by atoms with E-state index in [9.17, 15) is 14.4 Å². The molecule has 0 saturated carbocycles. The molecule has 3 heterocycles. The third-order valence-electron chi connectivity index (χ3n) is 6.33. The van der Waals surface area contributed by atoms with Gasteiger partial charge in [-0.2, -0.15) is 11.8 Å². The summed E-state index contributed by atoms with van der Waals surface area (Å²) >= 11 is 1.95. The Morgan fingerprint density at radius 1 is 0.967 bits per heavy atom. The van der Waals surface area contributed by atoms with E-state index < -0.39 is 0 Å². The summed E-state index contributed by atoms with van der Waals surface area (Å²) in [5.74, 6) is 1.79. The van der Waals surface area contributed by atoms with E-state index in [1.807, 2.05) is 11.8 Å². The second-order valence-corrected chi connectivity index (χ2v) is 9.59. The predicted molar refractivity (Wildman–Crippen MR) is 119 cm³/mol. The third kappa shape index (κ3) is 4.72. The minimum Gasteiger partial charge on any atom is -0.338 e. The zero-order valence-electron chi connectivity index (χ0n) is 17.6. The molecule has 3 aliphatic rings. The second-order valence-electron chi connectivity index (χ2n) is 8.44. The maximum absolute atomic E-state index is 13.1. The topological polar surface area (TPSA) is 60.9 Å². The largest absolute Gasteiger partial charge is 0.338 e. The Hall–Kier alpha value is -1.86. The number of nitrogens with zero attached hydrogens (tertiary/aromatic N) is 3. The van der Waals surface area contributed by atoms with Crippen LogP contribution in [0.5, 0.6) is 0 Å². The van der Waals surface area contributed by atoms with Gasteiger partial charge in [-0.1, -0.05) is 18.6 Å². The Labute approximate surface area is 183 Å². The van der Waals surface area contributed by atoms with Crippen molar-refractivity contribution in [1.82, 2.24) is 14.7 Å². The van der Waals surface area contributed by atoms with Gasteiger partial charge in [0.25, 0.3) is 11.8 Å². The molecule has 1 aromatic carbocycles. The number of rotatable bonds is 6. The maximum atomic E-state index is 13.1. The van der Waals surface area contributed by atoms with Crippen molar-refractivity contribution in [1.29, 1.82) is 0 Å². The lowest BCUT2D eigenvalue weighted by Gasteiger charge is -2.36. The van der Waals surface area contributed by atoms with Crippen molar-refractivity contribution in [3.63, 3.8) is 0 Å². The Balaban J connectivity index is 1.32. The van der Waals surface area contributed by atoms with Gasteiger partial charge in [-0.05, 0) is 56.7 Å². The van der Waals surface area contributed by atoms with Gasteiger partial charge in [0.15, 0.2) is 0 Å². The monoisotopic (exact) mass is 429 g/mol. The fraction of sp³-hybridized carbons (Fsp3) is 0.609. The van der Waals surface area contributed by atoms with Crippen molar-refractivity contribution in [2.75, 3.05) is 44.2 Å². The minimum absolute atomic E-state index is 0.163. The fourth-order valence-corrected chi connectivity index (χ4v) is 5.78. The summed E-state index contributed by atoms with van der Waals surface area (Å²) in [4.78, 5) is 44.0. The Kier molecular flexibility index (Phi) is 7.10. The first-order valence-electron chi connectivity index (χ1n) is 11.2. The van der Waals surface area contributed by atoms with Gasteiger partial charge >= 0.3 is 0 Å². The van der Waals surface area contributed by atoms with Crippen LogP contribution < -0.4 is 0 Å². The molecule has 0 N–H and O–H groups in total. The van der Waals surface area contributed by atoms with Crippen LogP contribution in [0.3, 0.4) is 0 Å². The lowest BCUT2D eigenvalue weighted by molar-refractivity contribution is -0.133. The van der Waals surface area contributed by atoms with Crippen LogP contribution in [0.2, 0.25) is 0 Å². The molecule has 7 heteroatoms. The summed E-state index contributed by atoms with van der Waals surface area (Å²) in [5, 5.41) is 0. The Morgan fingerprint density at radius 3 is 2.37 bits per heavy atom. The molecule has 0 radical (unpaired) electrons. The summed E-state index contributed by atoms with van der Waals surface area (Å²) in [5.41, 5.74) is 0.944. The number of carbonyl (C=O) groups excluding carboxylic acids is 3. The van der Waals surface area contributed by atoms with Crippen molar-refractivity contribution >= 4 is 29.5 Å². The molecule has 3 aliphatic heterocycles. The fourth-order valence-electron chi connectivity index (χ4n) is 4.72. The molecular formula is C23H31N3O3S. The number of imide groups is 1. The number of piperidine rings is 1. The number of likely N-dealkylation sites (tertiary alicyclic amines) is 1. The highest BCUT2D eigenvalue weighted by Crippen LogP contribution is 2.24. The van der Waals surface area contributed by atoms with E-state index in [0.29, 0.717) is 30.5 Å². The van der Waals surface area contributed by atoms with Gasteiger partial charge in [0.2, 0.25) is 5.91 Å². The molecule has 1 unspecified atom stereocenters. The van der Waals surface area contributed by atoms with Crippen molar-refractivity contribution < 1.29 is 14.4 Å². The number of carbonyl (C=O) groups is 3. The lowest BCUT2D eigenvalue weighted by Crippen LogP contribution is -2.49. The zero-order valence-corrected chi connectivity index (χ0v) is 18.4. The minimum atomic E-state index is -0.239. The van der Waals surface area contributed by atoms with Crippen molar-refractivity contribution in [3.8, 4) is 0 Å². The molecule has 30 heavy (non-hydrogen) atoms. The van der Waals surface area contributed by atoms with Gasteiger partial charge in [0.1, 0.15) is 0 Å². The van der Waals surface area contributed by atoms with E-state index in [4.69, 9.17) is 0 Å². The highest BCUT2D eigenvalue weighted by molar-refractivity contribution is 7.99. The number of amides is 3. The molecular weight excluding hydrogens is 398 g/mol. The summed E-state index contributed by atoms with van der Waals surface area (Å²) < 4.78 is 0. The van der Waals surface area contributed by atoms with Gasteiger partial charge in [-0.15, -0.1) is 0 Å². The van der Waals surface area contributed by atoms with Crippen LogP contribution in [0.25, 0.3) is 0 Å². The summed E-state index contributed by atoms with van der Waals surface area (Å²) in [7, 11) is 0. The van der Waals surface area contributed by atoms with Crippen LogP contribution in [0.4, 0.5) is 0 Å². The number of benzene rings is 1. The second kappa shape index (κ2) is 9.96. The Morgan fingerprint density at radius 2 is 1.67 bits per heavy atom. The molecule has 0 spiro atoms. The van der Waals surface area contributed by atoms with E-state index in [-0.39, 0.29) is 23.8 Å². The van der Waals surface area contributed by atoms with E-state index >= 15 is 0 Å². The first-order chi connectivity index (χ1) is 14.6. The van der Waals surface area contributed by atoms with E-state index in [0.717, 1.165) is 44.1 Å². The molecule has 2 fully saturated rings. The normalized spacial score (nSPS) is 22.9. The van der Waals surface area contributed by atoms with Gasteiger partial charge in [-0.3, -0.25) is 19.3 Å². The third-order valence-corrected chi connectivity index (χ3v) is 7.53. The standard InChI is InChI=1S/C23H31N3O3S/c27-21(10-6-13-26-22(28)19-8-2-3-9-20(19)23(26)29)25-14-7-15-30-17-18(25)16-24-11-4-1-5-12-24/h2-3,8-9,18H,1,4-7,10-17H2. The van der Waals surface area contributed by atoms with Crippen LogP contribution in [0, 0.1) is 0 Å². The van der Waals surface area contributed by atoms with Crippen LogP contribution in [-0.4, -0.2) is 82.7 Å².